The fourth-order valence-corrected chi connectivity index (χ4v) is 3.10. The van der Waals surface area contributed by atoms with E-state index >= 15 is 0 Å². The Bertz CT molecular complexity index is 344. The summed E-state index contributed by atoms with van der Waals surface area (Å²) in [6.07, 6.45) is 6.08. The van der Waals surface area contributed by atoms with Crippen LogP contribution in [0, 0.1) is 5.92 Å². The van der Waals surface area contributed by atoms with Crippen molar-refractivity contribution in [1.29, 1.82) is 0 Å². The molecule has 108 valence electrons. The highest BCUT2D eigenvalue weighted by atomic mass is 16.5. The molecule has 0 radical (unpaired) electrons. The van der Waals surface area contributed by atoms with Gasteiger partial charge in [0.05, 0.1) is 18.1 Å². The van der Waals surface area contributed by atoms with Gasteiger partial charge in [-0.2, -0.15) is 0 Å². The number of aliphatic carboxylic acids is 1. The predicted octanol–water partition coefficient (Wildman–Crippen LogP) is 1.70. The zero-order chi connectivity index (χ0) is 13.8. The molecule has 0 aromatic carbocycles. The van der Waals surface area contributed by atoms with Gasteiger partial charge in [0.2, 0.25) is 5.91 Å². The SMILES string of the molecule is C[C@@H]1CC[C@H](CCC(=O)N[C@@H]2CCC[C@@H]2C(=O)O)O1. The molecule has 1 saturated carbocycles. The molecule has 0 bridgehead atoms. The molecule has 2 N–H and O–H groups in total. The Labute approximate surface area is 113 Å². The molecule has 19 heavy (non-hydrogen) atoms. The largest absolute Gasteiger partial charge is 0.481 e. The van der Waals surface area contributed by atoms with Crippen molar-refractivity contribution in [2.75, 3.05) is 0 Å². The van der Waals surface area contributed by atoms with Crippen molar-refractivity contribution in [2.24, 2.45) is 5.92 Å². The van der Waals surface area contributed by atoms with Crippen molar-refractivity contribution >= 4 is 11.9 Å². The second kappa shape index (κ2) is 6.37. The van der Waals surface area contributed by atoms with Gasteiger partial charge in [0.25, 0.3) is 0 Å². The van der Waals surface area contributed by atoms with E-state index in [-0.39, 0.29) is 18.1 Å². The van der Waals surface area contributed by atoms with Crippen molar-refractivity contribution in [3.8, 4) is 0 Å². The summed E-state index contributed by atoms with van der Waals surface area (Å²) in [5.41, 5.74) is 0. The van der Waals surface area contributed by atoms with Crippen LogP contribution in [0.4, 0.5) is 0 Å². The average Bonchev–Trinajstić information content (AvgIpc) is 2.95. The summed E-state index contributed by atoms with van der Waals surface area (Å²) in [4.78, 5) is 22.9. The van der Waals surface area contributed by atoms with E-state index in [1.807, 2.05) is 0 Å². The Morgan fingerprint density at radius 2 is 2.05 bits per heavy atom. The molecule has 0 aromatic rings. The molecule has 0 aromatic heterocycles. The van der Waals surface area contributed by atoms with Gasteiger partial charge < -0.3 is 15.2 Å². The maximum absolute atomic E-state index is 11.8. The van der Waals surface area contributed by atoms with Crippen LogP contribution >= 0.6 is 0 Å². The van der Waals surface area contributed by atoms with Crippen LogP contribution < -0.4 is 5.32 Å². The fourth-order valence-electron chi connectivity index (χ4n) is 3.10. The standard InChI is InChI=1S/C14H23NO4/c1-9-5-6-10(19-9)7-8-13(16)15-12-4-2-3-11(12)14(17)18/h9-12H,2-8H2,1H3,(H,15,16)(H,17,18)/t9-,10-,11+,12-/m1/s1. The molecule has 2 fully saturated rings. The van der Waals surface area contributed by atoms with Crippen molar-refractivity contribution < 1.29 is 19.4 Å². The Morgan fingerprint density at radius 3 is 2.68 bits per heavy atom. The molecule has 5 heteroatoms. The summed E-state index contributed by atoms with van der Waals surface area (Å²) in [5.74, 6) is -1.25. The minimum absolute atomic E-state index is 0.0405. The van der Waals surface area contributed by atoms with Crippen LogP contribution in [0.15, 0.2) is 0 Å². The van der Waals surface area contributed by atoms with Gasteiger partial charge in [0.15, 0.2) is 0 Å². The molecule has 1 aliphatic carbocycles. The number of carboxylic acid groups (broad SMARTS) is 1. The average molecular weight is 269 g/mol. The highest BCUT2D eigenvalue weighted by molar-refractivity contribution is 5.78. The van der Waals surface area contributed by atoms with Gasteiger partial charge in [0.1, 0.15) is 0 Å². The third-order valence-corrected chi connectivity index (χ3v) is 4.19. The van der Waals surface area contributed by atoms with E-state index in [2.05, 4.69) is 12.2 Å². The normalized spacial score (nSPS) is 34.4. The van der Waals surface area contributed by atoms with Crippen LogP contribution in [-0.4, -0.2) is 35.2 Å². The van der Waals surface area contributed by atoms with Gasteiger partial charge in [-0.3, -0.25) is 9.59 Å². The lowest BCUT2D eigenvalue weighted by Gasteiger charge is -2.18. The summed E-state index contributed by atoms with van der Waals surface area (Å²) in [6, 6.07) is -0.187. The van der Waals surface area contributed by atoms with Crippen LogP contribution in [0.1, 0.15) is 51.9 Å². The highest BCUT2D eigenvalue weighted by Gasteiger charge is 2.33. The predicted molar refractivity (Wildman–Crippen MR) is 69.7 cm³/mol. The van der Waals surface area contributed by atoms with Gasteiger partial charge in [0, 0.05) is 12.5 Å². The fraction of sp³-hybridized carbons (Fsp3) is 0.857. The van der Waals surface area contributed by atoms with Crippen LogP contribution in [0.25, 0.3) is 0 Å². The molecule has 5 nitrogen and oxygen atoms in total. The molecule has 2 rings (SSSR count). The first-order valence-corrected chi connectivity index (χ1v) is 7.24. The summed E-state index contributed by atoms with van der Waals surface area (Å²) in [7, 11) is 0. The van der Waals surface area contributed by atoms with Gasteiger partial charge in [-0.15, -0.1) is 0 Å². The highest BCUT2D eigenvalue weighted by Crippen LogP contribution is 2.26. The van der Waals surface area contributed by atoms with Gasteiger partial charge >= 0.3 is 5.97 Å². The Morgan fingerprint density at radius 1 is 1.26 bits per heavy atom. The van der Waals surface area contributed by atoms with Gasteiger partial charge in [-0.25, -0.2) is 0 Å². The number of hydrogen-bond acceptors (Lipinski definition) is 3. The van der Waals surface area contributed by atoms with Crippen molar-refractivity contribution in [3.05, 3.63) is 0 Å². The number of carbonyl (C=O) groups excluding carboxylic acids is 1. The number of amides is 1. The summed E-state index contributed by atoms with van der Waals surface area (Å²) in [6.45, 7) is 2.05. The molecule has 1 aliphatic heterocycles. The Balaban J connectivity index is 1.70. The van der Waals surface area contributed by atoms with Crippen molar-refractivity contribution in [3.63, 3.8) is 0 Å². The first-order chi connectivity index (χ1) is 9.06. The van der Waals surface area contributed by atoms with Crippen molar-refractivity contribution in [2.45, 2.75) is 70.1 Å². The second-order valence-corrected chi connectivity index (χ2v) is 5.73. The number of carboxylic acids is 1. The van der Waals surface area contributed by atoms with Crippen molar-refractivity contribution in [1.82, 2.24) is 5.32 Å². The summed E-state index contributed by atoms with van der Waals surface area (Å²) >= 11 is 0. The van der Waals surface area contributed by atoms with E-state index in [0.717, 1.165) is 32.1 Å². The lowest BCUT2D eigenvalue weighted by Crippen LogP contribution is -2.40. The second-order valence-electron chi connectivity index (χ2n) is 5.73. The first kappa shape index (κ1) is 14.3. The maximum Gasteiger partial charge on any atom is 0.308 e. The molecule has 2 aliphatic rings. The van der Waals surface area contributed by atoms with E-state index in [1.165, 1.54) is 0 Å². The topological polar surface area (TPSA) is 75.6 Å². The number of rotatable bonds is 5. The van der Waals surface area contributed by atoms with E-state index in [9.17, 15) is 9.59 Å². The van der Waals surface area contributed by atoms with Crippen LogP contribution in [0.2, 0.25) is 0 Å². The first-order valence-electron chi connectivity index (χ1n) is 7.24. The van der Waals surface area contributed by atoms with E-state index in [0.29, 0.717) is 18.9 Å². The quantitative estimate of drug-likeness (QED) is 0.796. The number of carbonyl (C=O) groups is 2. The lowest BCUT2D eigenvalue weighted by molar-refractivity contribution is -0.142. The molecule has 0 spiro atoms. The van der Waals surface area contributed by atoms with Gasteiger partial charge in [-0.05, 0) is 39.0 Å². The van der Waals surface area contributed by atoms with Gasteiger partial charge in [-0.1, -0.05) is 6.42 Å². The zero-order valence-corrected chi connectivity index (χ0v) is 11.4. The molecule has 0 unspecified atom stereocenters. The minimum Gasteiger partial charge on any atom is -0.481 e. The number of ether oxygens (including phenoxy) is 1. The molecular formula is C14H23NO4. The zero-order valence-electron chi connectivity index (χ0n) is 11.4. The van der Waals surface area contributed by atoms with Crippen LogP contribution in [-0.2, 0) is 14.3 Å². The smallest absolute Gasteiger partial charge is 0.308 e. The maximum atomic E-state index is 11.8. The minimum atomic E-state index is -0.796. The van der Waals surface area contributed by atoms with E-state index < -0.39 is 11.9 Å². The Hall–Kier alpha value is -1.10. The van der Waals surface area contributed by atoms with Crippen LogP contribution in [0.5, 0.6) is 0 Å². The van der Waals surface area contributed by atoms with Crippen LogP contribution in [0.3, 0.4) is 0 Å². The molecule has 1 heterocycles. The summed E-state index contributed by atoms with van der Waals surface area (Å²) in [5, 5.41) is 11.9. The lowest BCUT2D eigenvalue weighted by atomic mass is 10.0. The third-order valence-electron chi connectivity index (χ3n) is 4.19. The number of hydrogen-bond donors (Lipinski definition) is 2. The third kappa shape index (κ3) is 3.93. The van der Waals surface area contributed by atoms with E-state index in [1.54, 1.807) is 0 Å². The molecule has 1 amide bonds. The monoisotopic (exact) mass is 269 g/mol. The molecular weight excluding hydrogens is 246 g/mol. The Kier molecular flexibility index (Phi) is 4.80. The molecule has 1 saturated heterocycles. The molecule has 4 atom stereocenters. The number of nitrogens with one attached hydrogen (secondary N) is 1. The summed E-state index contributed by atoms with van der Waals surface area (Å²) < 4.78 is 5.67. The van der Waals surface area contributed by atoms with E-state index in [4.69, 9.17) is 9.84 Å².